The fourth-order valence-corrected chi connectivity index (χ4v) is 1.83. The Hall–Kier alpha value is -1.35. The molecule has 2 rings (SSSR count). The van der Waals surface area contributed by atoms with Crippen LogP contribution >= 0.6 is 0 Å². The van der Waals surface area contributed by atoms with Gasteiger partial charge in [0.05, 0.1) is 12.3 Å². The maximum absolute atomic E-state index is 11.2. The van der Waals surface area contributed by atoms with E-state index in [2.05, 4.69) is 0 Å². The van der Waals surface area contributed by atoms with Gasteiger partial charge in [0.15, 0.2) is 0 Å². The summed E-state index contributed by atoms with van der Waals surface area (Å²) >= 11 is 0. The third kappa shape index (κ3) is 2.18. The van der Waals surface area contributed by atoms with Crippen LogP contribution in [0, 0.1) is 0 Å². The first kappa shape index (κ1) is 10.2. The van der Waals surface area contributed by atoms with Crippen LogP contribution in [-0.4, -0.2) is 18.9 Å². The summed E-state index contributed by atoms with van der Waals surface area (Å²) in [6.45, 7) is 2.45. The van der Waals surface area contributed by atoms with Crippen LogP contribution in [0.5, 0.6) is 0 Å². The van der Waals surface area contributed by atoms with E-state index in [-0.39, 0.29) is 11.9 Å². The van der Waals surface area contributed by atoms with Gasteiger partial charge in [0.2, 0.25) is 6.29 Å². The number of ether oxygens (including phenoxy) is 2. The van der Waals surface area contributed by atoms with Crippen LogP contribution in [0.15, 0.2) is 30.3 Å². The van der Waals surface area contributed by atoms with E-state index in [0.29, 0.717) is 13.0 Å². The predicted molar refractivity (Wildman–Crippen MR) is 55.3 cm³/mol. The minimum absolute atomic E-state index is 0.0404. The zero-order chi connectivity index (χ0) is 10.7. The molecule has 1 aliphatic heterocycles. The molecule has 0 radical (unpaired) electrons. The molecule has 0 bridgehead atoms. The van der Waals surface area contributed by atoms with Gasteiger partial charge in [0.1, 0.15) is 0 Å². The third-order valence-electron chi connectivity index (χ3n) is 2.52. The van der Waals surface area contributed by atoms with Gasteiger partial charge >= 0.3 is 5.97 Å². The van der Waals surface area contributed by atoms with Crippen LogP contribution in [-0.2, 0) is 14.3 Å². The Balaban J connectivity index is 2.17. The van der Waals surface area contributed by atoms with Crippen molar-refractivity contribution in [3.8, 4) is 0 Å². The highest BCUT2D eigenvalue weighted by Crippen LogP contribution is 2.32. The summed E-state index contributed by atoms with van der Waals surface area (Å²) in [5.41, 5.74) is 1.10. The number of rotatable bonds is 3. The van der Waals surface area contributed by atoms with Gasteiger partial charge in [-0.3, -0.25) is 4.79 Å². The number of carbonyl (C=O) groups excluding carboxylic acids is 1. The topological polar surface area (TPSA) is 35.5 Å². The van der Waals surface area contributed by atoms with E-state index in [1.165, 1.54) is 0 Å². The van der Waals surface area contributed by atoms with Crippen molar-refractivity contribution in [3.63, 3.8) is 0 Å². The molecule has 3 heteroatoms. The van der Waals surface area contributed by atoms with Gasteiger partial charge in [-0.05, 0) is 12.5 Å². The third-order valence-corrected chi connectivity index (χ3v) is 2.52. The van der Waals surface area contributed by atoms with Gasteiger partial charge in [0, 0.05) is 6.61 Å². The summed E-state index contributed by atoms with van der Waals surface area (Å²) in [7, 11) is 0. The highest BCUT2D eigenvalue weighted by atomic mass is 16.7. The fourth-order valence-electron chi connectivity index (χ4n) is 1.83. The van der Waals surface area contributed by atoms with E-state index >= 15 is 0 Å². The van der Waals surface area contributed by atoms with E-state index in [1.54, 1.807) is 0 Å². The van der Waals surface area contributed by atoms with Crippen molar-refractivity contribution in [1.29, 1.82) is 0 Å². The Labute approximate surface area is 89.0 Å². The first-order valence-corrected chi connectivity index (χ1v) is 5.17. The van der Waals surface area contributed by atoms with Crippen molar-refractivity contribution >= 4 is 5.97 Å². The van der Waals surface area contributed by atoms with Crippen molar-refractivity contribution in [2.24, 2.45) is 0 Å². The number of hydrogen-bond donors (Lipinski definition) is 0. The first-order valence-electron chi connectivity index (χ1n) is 5.17. The number of carbonyl (C=O) groups is 1. The second-order valence-corrected chi connectivity index (χ2v) is 3.53. The number of esters is 1. The molecule has 1 saturated heterocycles. The van der Waals surface area contributed by atoms with Crippen LogP contribution in [0.3, 0.4) is 0 Å². The minimum Gasteiger partial charge on any atom is -0.435 e. The van der Waals surface area contributed by atoms with Gasteiger partial charge in [-0.25, -0.2) is 0 Å². The predicted octanol–water partition coefficient (Wildman–Crippen LogP) is 2.08. The summed E-state index contributed by atoms with van der Waals surface area (Å²) in [6, 6.07) is 9.87. The fraction of sp³-hybridized carbons (Fsp3) is 0.417. The van der Waals surface area contributed by atoms with Crippen LogP contribution < -0.4 is 0 Å². The van der Waals surface area contributed by atoms with Gasteiger partial charge in [0.25, 0.3) is 0 Å². The van der Waals surface area contributed by atoms with Crippen molar-refractivity contribution in [2.75, 3.05) is 6.61 Å². The average molecular weight is 206 g/mol. The Morgan fingerprint density at radius 1 is 1.40 bits per heavy atom. The van der Waals surface area contributed by atoms with E-state index in [0.717, 1.165) is 5.56 Å². The first-order chi connectivity index (χ1) is 7.31. The molecule has 1 heterocycles. The Bertz CT molecular complexity index is 334. The van der Waals surface area contributed by atoms with Gasteiger partial charge in [-0.1, -0.05) is 30.3 Å². The molecule has 2 atom stereocenters. The number of cyclic esters (lactones) is 1. The van der Waals surface area contributed by atoms with Crippen LogP contribution in [0.25, 0.3) is 0 Å². The van der Waals surface area contributed by atoms with Crippen LogP contribution in [0.4, 0.5) is 0 Å². The van der Waals surface area contributed by atoms with Crippen LogP contribution in [0.1, 0.15) is 24.8 Å². The molecule has 0 aliphatic carbocycles. The van der Waals surface area contributed by atoms with Crippen molar-refractivity contribution in [1.82, 2.24) is 0 Å². The Morgan fingerprint density at radius 3 is 2.80 bits per heavy atom. The molecule has 0 spiro atoms. The molecule has 0 saturated carbocycles. The van der Waals surface area contributed by atoms with Gasteiger partial charge in [-0.2, -0.15) is 0 Å². The highest BCUT2D eigenvalue weighted by molar-refractivity contribution is 5.73. The Kier molecular flexibility index (Phi) is 3.02. The number of hydrogen-bond acceptors (Lipinski definition) is 3. The molecule has 1 aromatic rings. The maximum atomic E-state index is 11.2. The van der Waals surface area contributed by atoms with E-state index in [4.69, 9.17) is 9.47 Å². The minimum atomic E-state index is -0.412. The van der Waals surface area contributed by atoms with Crippen molar-refractivity contribution < 1.29 is 14.3 Å². The van der Waals surface area contributed by atoms with Gasteiger partial charge < -0.3 is 9.47 Å². The monoisotopic (exact) mass is 206 g/mol. The smallest absolute Gasteiger partial charge is 0.308 e. The van der Waals surface area contributed by atoms with E-state index in [9.17, 15) is 4.79 Å². The van der Waals surface area contributed by atoms with E-state index in [1.807, 2.05) is 37.3 Å². The highest BCUT2D eigenvalue weighted by Gasteiger charge is 2.36. The summed E-state index contributed by atoms with van der Waals surface area (Å²) in [5, 5.41) is 0. The SMILES string of the molecule is CCOC1OC(=O)CC1c1ccccc1. The molecule has 3 nitrogen and oxygen atoms in total. The zero-order valence-corrected chi connectivity index (χ0v) is 8.68. The quantitative estimate of drug-likeness (QED) is 0.710. The molecule has 1 fully saturated rings. The molecule has 0 aromatic heterocycles. The molecular formula is C12H14O3. The normalized spacial score (nSPS) is 25.3. The standard InChI is InChI=1S/C12H14O3/c1-2-14-12-10(8-11(13)15-12)9-6-4-3-5-7-9/h3-7,10,12H,2,8H2,1H3. The lowest BCUT2D eigenvalue weighted by molar-refractivity contribution is -0.163. The second kappa shape index (κ2) is 4.45. The molecule has 1 aromatic carbocycles. The molecule has 0 N–H and O–H groups in total. The summed E-state index contributed by atoms with van der Waals surface area (Å²) in [6.07, 6.45) is -0.000741. The molecule has 2 unspecified atom stereocenters. The molecule has 0 amide bonds. The average Bonchev–Trinajstić information content (AvgIpc) is 2.62. The summed E-state index contributed by atoms with van der Waals surface area (Å²) < 4.78 is 10.5. The summed E-state index contributed by atoms with van der Waals surface area (Å²) in [5.74, 6) is -0.138. The molecule has 15 heavy (non-hydrogen) atoms. The largest absolute Gasteiger partial charge is 0.435 e. The van der Waals surface area contributed by atoms with Crippen molar-refractivity contribution in [2.45, 2.75) is 25.6 Å². The second-order valence-electron chi connectivity index (χ2n) is 3.53. The molecule has 1 aliphatic rings. The van der Waals surface area contributed by atoms with E-state index < -0.39 is 6.29 Å². The lowest BCUT2D eigenvalue weighted by Gasteiger charge is -2.17. The lowest BCUT2D eigenvalue weighted by Crippen LogP contribution is -2.18. The lowest BCUT2D eigenvalue weighted by atomic mass is 9.97. The van der Waals surface area contributed by atoms with Crippen molar-refractivity contribution in [3.05, 3.63) is 35.9 Å². The Morgan fingerprint density at radius 2 is 2.13 bits per heavy atom. The van der Waals surface area contributed by atoms with Gasteiger partial charge in [-0.15, -0.1) is 0 Å². The number of benzene rings is 1. The molecule has 80 valence electrons. The maximum Gasteiger partial charge on any atom is 0.308 e. The zero-order valence-electron chi connectivity index (χ0n) is 8.68. The van der Waals surface area contributed by atoms with Crippen LogP contribution in [0.2, 0.25) is 0 Å². The molecular weight excluding hydrogens is 192 g/mol. The summed E-state index contributed by atoms with van der Waals surface area (Å²) in [4.78, 5) is 11.2.